The Kier molecular flexibility index (Phi) is 4.87. The first-order valence-corrected chi connectivity index (χ1v) is 8.24. The third-order valence-corrected chi connectivity index (χ3v) is 4.80. The van der Waals surface area contributed by atoms with Crippen LogP contribution in [-0.4, -0.2) is 71.5 Å². The van der Waals surface area contributed by atoms with Crippen LogP contribution >= 0.6 is 0 Å². The van der Waals surface area contributed by atoms with Crippen LogP contribution in [0.1, 0.15) is 25.7 Å². The second kappa shape index (κ2) is 7.05. The number of likely N-dealkylation sites (tertiary alicyclic amines) is 1. The fraction of sp³-hybridized carbons (Fsp3) is 0.688. The molecule has 1 atom stereocenters. The lowest BCUT2D eigenvalue weighted by molar-refractivity contribution is -0.133. The van der Waals surface area contributed by atoms with Gasteiger partial charge < -0.3 is 14.7 Å². The number of nitrogens with zero attached hydrogens (tertiary/aromatic N) is 5. The Labute approximate surface area is 132 Å². The van der Waals surface area contributed by atoms with Crippen molar-refractivity contribution in [3.05, 3.63) is 18.5 Å². The molecule has 1 unspecified atom stereocenters. The molecule has 1 aromatic heterocycles. The van der Waals surface area contributed by atoms with Crippen LogP contribution in [0, 0.1) is 0 Å². The first kappa shape index (κ1) is 15.2. The smallest absolute Gasteiger partial charge is 0.225 e. The highest BCUT2D eigenvalue weighted by Crippen LogP contribution is 2.19. The van der Waals surface area contributed by atoms with Gasteiger partial charge in [-0.25, -0.2) is 9.97 Å². The Bertz CT molecular complexity index is 487. The zero-order chi connectivity index (χ0) is 15.4. The Hall–Kier alpha value is -1.69. The zero-order valence-corrected chi connectivity index (χ0v) is 13.3. The summed E-state index contributed by atoms with van der Waals surface area (Å²) in [6, 6.07) is 2.25. The van der Waals surface area contributed by atoms with E-state index in [9.17, 15) is 4.79 Å². The Balaban J connectivity index is 1.49. The lowest BCUT2D eigenvalue weighted by Crippen LogP contribution is -2.50. The van der Waals surface area contributed by atoms with E-state index in [4.69, 9.17) is 0 Å². The van der Waals surface area contributed by atoms with Gasteiger partial charge in [0, 0.05) is 51.0 Å². The summed E-state index contributed by atoms with van der Waals surface area (Å²) in [6.07, 6.45) is 7.86. The van der Waals surface area contributed by atoms with Crippen molar-refractivity contribution >= 4 is 11.9 Å². The van der Waals surface area contributed by atoms with Gasteiger partial charge in [-0.1, -0.05) is 6.42 Å². The van der Waals surface area contributed by atoms with Crippen LogP contribution in [0.15, 0.2) is 18.5 Å². The summed E-state index contributed by atoms with van der Waals surface area (Å²) in [7, 11) is 2.14. The summed E-state index contributed by atoms with van der Waals surface area (Å²) >= 11 is 0. The van der Waals surface area contributed by atoms with Gasteiger partial charge in [-0.05, 0) is 32.5 Å². The minimum atomic E-state index is 0.299. The molecule has 1 aromatic rings. The van der Waals surface area contributed by atoms with E-state index < -0.39 is 0 Å². The number of hydrogen-bond donors (Lipinski definition) is 0. The van der Waals surface area contributed by atoms with E-state index in [1.807, 2.05) is 11.0 Å². The number of piperidine rings is 1. The maximum absolute atomic E-state index is 12.5. The third-order valence-electron chi connectivity index (χ3n) is 4.80. The molecule has 3 heterocycles. The number of carbonyl (C=O) groups is 1. The van der Waals surface area contributed by atoms with Crippen LogP contribution in [0.25, 0.3) is 0 Å². The Morgan fingerprint density at radius 2 is 1.86 bits per heavy atom. The van der Waals surface area contributed by atoms with Crippen molar-refractivity contribution in [3.8, 4) is 0 Å². The number of amides is 1. The van der Waals surface area contributed by atoms with E-state index in [0.717, 1.165) is 45.1 Å². The summed E-state index contributed by atoms with van der Waals surface area (Å²) in [5.74, 6) is 1.06. The maximum atomic E-state index is 12.5. The fourth-order valence-electron chi connectivity index (χ4n) is 3.34. The number of anilines is 1. The molecule has 0 aliphatic carbocycles. The molecule has 2 saturated heterocycles. The van der Waals surface area contributed by atoms with Crippen LogP contribution in [0.3, 0.4) is 0 Å². The van der Waals surface area contributed by atoms with Crippen molar-refractivity contribution < 1.29 is 4.79 Å². The molecule has 3 rings (SSSR count). The molecule has 0 spiro atoms. The molecular weight excluding hydrogens is 278 g/mol. The number of carbonyl (C=O) groups excluding carboxylic acids is 1. The lowest BCUT2D eigenvalue weighted by atomic mass is 9.99. The summed E-state index contributed by atoms with van der Waals surface area (Å²) in [6.45, 7) is 4.30. The predicted octanol–water partition coefficient (Wildman–Crippen LogP) is 1.000. The van der Waals surface area contributed by atoms with Crippen molar-refractivity contribution in [2.75, 3.05) is 44.7 Å². The van der Waals surface area contributed by atoms with Gasteiger partial charge in [-0.15, -0.1) is 0 Å². The van der Waals surface area contributed by atoms with Crippen molar-refractivity contribution in [1.82, 2.24) is 19.8 Å². The van der Waals surface area contributed by atoms with E-state index in [1.54, 1.807) is 12.4 Å². The maximum Gasteiger partial charge on any atom is 0.225 e. The number of aromatic nitrogens is 2. The normalized spacial score (nSPS) is 23.6. The van der Waals surface area contributed by atoms with E-state index in [2.05, 4.69) is 26.8 Å². The van der Waals surface area contributed by atoms with Gasteiger partial charge in [-0.3, -0.25) is 4.79 Å². The zero-order valence-electron chi connectivity index (χ0n) is 13.3. The Morgan fingerprint density at radius 1 is 1.14 bits per heavy atom. The molecule has 0 N–H and O–H groups in total. The van der Waals surface area contributed by atoms with Crippen molar-refractivity contribution in [2.24, 2.45) is 0 Å². The van der Waals surface area contributed by atoms with Gasteiger partial charge >= 0.3 is 0 Å². The van der Waals surface area contributed by atoms with Gasteiger partial charge in [0.25, 0.3) is 0 Å². The molecule has 0 bridgehead atoms. The van der Waals surface area contributed by atoms with Crippen molar-refractivity contribution in [2.45, 2.75) is 31.7 Å². The monoisotopic (exact) mass is 303 g/mol. The number of hydrogen-bond acceptors (Lipinski definition) is 5. The van der Waals surface area contributed by atoms with Crippen molar-refractivity contribution in [3.63, 3.8) is 0 Å². The summed E-state index contributed by atoms with van der Waals surface area (Å²) in [5.41, 5.74) is 0. The molecule has 1 amide bonds. The number of rotatable bonds is 3. The van der Waals surface area contributed by atoms with Crippen LogP contribution in [0.4, 0.5) is 5.95 Å². The van der Waals surface area contributed by atoms with Gasteiger partial charge in [0.1, 0.15) is 0 Å². The highest BCUT2D eigenvalue weighted by atomic mass is 16.2. The van der Waals surface area contributed by atoms with Gasteiger partial charge in [-0.2, -0.15) is 0 Å². The minimum Gasteiger partial charge on any atom is -0.339 e. The molecule has 6 heteroatoms. The van der Waals surface area contributed by atoms with E-state index in [1.165, 1.54) is 12.8 Å². The van der Waals surface area contributed by atoms with E-state index in [-0.39, 0.29) is 0 Å². The first-order chi connectivity index (χ1) is 10.7. The highest BCUT2D eigenvalue weighted by molar-refractivity contribution is 5.77. The average Bonchev–Trinajstić information content (AvgIpc) is 2.58. The van der Waals surface area contributed by atoms with Gasteiger partial charge in [0.05, 0.1) is 0 Å². The lowest BCUT2D eigenvalue weighted by Gasteiger charge is -2.37. The largest absolute Gasteiger partial charge is 0.339 e. The SMILES string of the molecule is CN1CCCCC1CC(=O)N1CCN(c2ncccn2)CC1. The Morgan fingerprint density at radius 3 is 2.55 bits per heavy atom. The quantitative estimate of drug-likeness (QED) is 0.834. The average molecular weight is 303 g/mol. The molecule has 0 aromatic carbocycles. The van der Waals surface area contributed by atoms with Crippen molar-refractivity contribution in [1.29, 1.82) is 0 Å². The van der Waals surface area contributed by atoms with Crippen LogP contribution in [0.5, 0.6) is 0 Å². The molecule has 120 valence electrons. The summed E-state index contributed by atoms with van der Waals surface area (Å²) < 4.78 is 0. The second-order valence-electron chi connectivity index (χ2n) is 6.25. The molecule has 22 heavy (non-hydrogen) atoms. The van der Waals surface area contributed by atoms with E-state index in [0.29, 0.717) is 18.4 Å². The predicted molar refractivity (Wildman–Crippen MR) is 85.7 cm³/mol. The summed E-state index contributed by atoms with van der Waals surface area (Å²) in [4.78, 5) is 27.6. The van der Waals surface area contributed by atoms with Crippen LogP contribution < -0.4 is 4.90 Å². The van der Waals surface area contributed by atoms with Gasteiger partial charge in [0.2, 0.25) is 11.9 Å². The van der Waals surface area contributed by atoms with Crippen LogP contribution in [0.2, 0.25) is 0 Å². The highest BCUT2D eigenvalue weighted by Gasteiger charge is 2.27. The molecule has 6 nitrogen and oxygen atoms in total. The topological polar surface area (TPSA) is 52.6 Å². The molecule has 2 aliphatic heterocycles. The summed E-state index contributed by atoms with van der Waals surface area (Å²) in [5, 5.41) is 0. The van der Waals surface area contributed by atoms with Crippen LogP contribution in [-0.2, 0) is 4.79 Å². The molecule has 0 saturated carbocycles. The first-order valence-electron chi connectivity index (χ1n) is 8.24. The molecule has 0 radical (unpaired) electrons. The van der Waals surface area contributed by atoms with Gasteiger partial charge in [0.15, 0.2) is 0 Å². The second-order valence-corrected chi connectivity index (χ2v) is 6.25. The fourth-order valence-corrected chi connectivity index (χ4v) is 3.34. The molecular formula is C16H25N5O. The van der Waals surface area contributed by atoms with E-state index >= 15 is 0 Å². The molecule has 2 fully saturated rings. The number of piperazine rings is 1. The molecule has 2 aliphatic rings. The standard InChI is InChI=1S/C16H25N5O/c1-19-8-3-2-5-14(19)13-15(22)20-9-11-21(12-10-20)16-17-6-4-7-18-16/h4,6-7,14H,2-3,5,8-13H2,1H3. The minimum absolute atomic E-state index is 0.299. The third kappa shape index (κ3) is 3.55.